The van der Waals surface area contributed by atoms with Crippen LogP contribution in [0, 0.1) is 5.92 Å². The topological polar surface area (TPSA) is 52.6 Å². The number of ether oxygens (including phenoxy) is 2. The number of benzene rings is 2. The molecule has 2 aliphatic rings. The van der Waals surface area contributed by atoms with Gasteiger partial charge in [-0.15, -0.1) is 24.0 Å². The minimum atomic E-state index is 0. The zero-order valence-corrected chi connectivity index (χ0v) is 22.2. The van der Waals surface area contributed by atoms with Crippen molar-refractivity contribution in [1.82, 2.24) is 10.2 Å². The van der Waals surface area contributed by atoms with Crippen molar-refractivity contribution < 1.29 is 9.47 Å². The van der Waals surface area contributed by atoms with Crippen LogP contribution >= 0.6 is 24.0 Å². The minimum Gasteiger partial charge on any atom is -0.495 e. The summed E-state index contributed by atoms with van der Waals surface area (Å²) in [5, 5.41) is 3.63. The Balaban J connectivity index is 0.00000306. The van der Waals surface area contributed by atoms with Crippen molar-refractivity contribution in [2.75, 3.05) is 76.9 Å². The zero-order valence-electron chi connectivity index (χ0n) is 19.9. The zero-order chi connectivity index (χ0) is 22.3. The molecule has 1 unspecified atom stereocenters. The maximum atomic E-state index is 5.55. The van der Waals surface area contributed by atoms with Gasteiger partial charge >= 0.3 is 0 Å². The number of hydrogen-bond acceptors (Lipinski definition) is 5. The van der Waals surface area contributed by atoms with Crippen LogP contribution in [0.1, 0.15) is 6.42 Å². The molecule has 8 heteroatoms. The molecule has 2 aromatic carbocycles. The third-order valence-corrected chi connectivity index (χ3v) is 6.48. The maximum Gasteiger partial charge on any atom is 0.193 e. The van der Waals surface area contributed by atoms with Gasteiger partial charge in [-0.05, 0) is 36.6 Å². The fourth-order valence-corrected chi connectivity index (χ4v) is 4.73. The maximum absolute atomic E-state index is 5.55. The highest BCUT2D eigenvalue weighted by Crippen LogP contribution is 2.32. The number of hydrogen-bond donors (Lipinski definition) is 1. The number of aliphatic imine (C=N–C) groups is 1. The quantitative estimate of drug-likeness (QED) is 0.329. The highest BCUT2D eigenvalue weighted by atomic mass is 127. The Morgan fingerprint density at radius 3 is 2.03 bits per heavy atom. The average Bonchev–Trinajstić information content (AvgIpc) is 3.33. The van der Waals surface area contributed by atoms with E-state index in [2.05, 4.69) is 49.3 Å². The van der Waals surface area contributed by atoms with Crippen molar-refractivity contribution in [3.63, 3.8) is 0 Å². The molecule has 0 amide bonds. The summed E-state index contributed by atoms with van der Waals surface area (Å²) in [6, 6.07) is 16.5. The Kier molecular flexibility index (Phi) is 9.34. The van der Waals surface area contributed by atoms with E-state index in [0.717, 1.165) is 63.3 Å². The van der Waals surface area contributed by atoms with Crippen LogP contribution in [-0.2, 0) is 0 Å². The van der Waals surface area contributed by atoms with Crippen molar-refractivity contribution in [3.8, 4) is 11.5 Å². The third kappa shape index (κ3) is 5.96. The van der Waals surface area contributed by atoms with Crippen molar-refractivity contribution in [1.29, 1.82) is 0 Å². The smallest absolute Gasteiger partial charge is 0.193 e. The van der Waals surface area contributed by atoms with E-state index in [0.29, 0.717) is 5.92 Å². The van der Waals surface area contributed by atoms with Gasteiger partial charge in [-0.1, -0.05) is 24.3 Å². The van der Waals surface area contributed by atoms with E-state index in [4.69, 9.17) is 9.47 Å². The van der Waals surface area contributed by atoms with E-state index in [-0.39, 0.29) is 24.0 Å². The first-order chi connectivity index (χ1) is 15.7. The molecule has 2 saturated heterocycles. The highest BCUT2D eigenvalue weighted by Gasteiger charge is 2.26. The summed E-state index contributed by atoms with van der Waals surface area (Å²) in [5.41, 5.74) is 2.36. The number of para-hydroxylation sites is 4. The lowest BCUT2D eigenvalue weighted by Crippen LogP contribution is -2.53. The van der Waals surface area contributed by atoms with Gasteiger partial charge in [0.1, 0.15) is 11.5 Å². The fourth-order valence-electron chi connectivity index (χ4n) is 4.73. The van der Waals surface area contributed by atoms with Gasteiger partial charge < -0.3 is 29.5 Å². The van der Waals surface area contributed by atoms with Crippen LogP contribution < -0.4 is 24.6 Å². The van der Waals surface area contributed by atoms with Crippen LogP contribution in [0.2, 0.25) is 0 Å². The molecule has 0 spiro atoms. The molecule has 0 saturated carbocycles. The Morgan fingerprint density at radius 2 is 1.45 bits per heavy atom. The summed E-state index contributed by atoms with van der Waals surface area (Å²) < 4.78 is 11.1. The number of nitrogens with one attached hydrogen (secondary N) is 1. The standard InChI is InChI=1S/C25H35N5O2.HI/c1-26-25(29-16-14-28(15-17-29)21-8-4-6-10-23(21)31-2)27-18-20-12-13-30(19-20)22-9-5-7-11-24(22)32-3;/h4-11,20H,12-19H2,1-3H3,(H,26,27);1H. The molecule has 0 aliphatic carbocycles. The molecular formula is C25H36IN5O2. The van der Waals surface area contributed by atoms with Crippen LogP contribution in [0.3, 0.4) is 0 Å². The van der Waals surface area contributed by atoms with E-state index in [1.807, 2.05) is 31.3 Å². The lowest BCUT2D eigenvalue weighted by Gasteiger charge is -2.38. The molecule has 2 heterocycles. The minimum absolute atomic E-state index is 0. The molecule has 0 aromatic heterocycles. The normalized spacial score (nSPS) is 18.7. The van der Waals surface area contributed by atoms with E-state index in [1.165, 1.54) is 17.8 Å². The van der Waals surface area contributed by atoms with E-state index < -0.39 is 0 Å². The van der Waals surface area contributed by atoms with Crippen LogP contribution in [-0.4, -0.2) is 77.9 Å². The van der Waals surface area contributed by atoms with Gasteiger partial charge in [0.15, 0.2) is 5.96 Å². The largest absolute Gasteiger partial charge is 0.495 e. The molecule has 0 bridgehead atoms. The first kappa shape index (κ1) is 25.3. The first-order valence-electron chi connectivity index (χ1n) is 11.4. The van der Waals surface area contributed by atoms with Gasteiger partial charge in [0.2, 0.25) is 0 Å². The van der Waals surface area contributed by atoms with Crippen LogP contribution in [0.5, 0.6) is 11.5 Å². The Labute approximate surface area is 214 Å². The predicted molar refractivity (Wildman–Crippen MR) is 147 cm³/mol. The predicted octanol–water partition coefficient (Wildman–Crippen LogP) is 3.55. The molecule has 2 aromatic rings. The second-order valence-electron chi connectivity index (χ2n) is 8.35. The summed E-state index contributed by atoms with van der Waals surface area (Å²) in [7, 11) is 5.36. The van der Waals surface area contributed by atoms with Crippen molar-refractivity contribution in [3.05, 3.63) is 48.5 Å². The number of methoxy groups -OCH3 is 2. The van der Waals surface area contributed by atoms with Crippen LogP contribution in [0.15, 0.2) is 53.5 Å². The van der Waals surface area contributed by atoms with Gasteiger partial charge in [0.25, 0.3) is 0 Å². The average molecular weight is 566 g/mol. The molecule has 7 nitrogen and oxygen atoms in total. The number of halogens is 1. The van der Waals surface area contributed by atoms with Gasteiger partial charge in [-0.3, -0.25) is 4.99 Å². The van der Waals surface area contributed by atoms with Crippen LogP contribution in [0.25, 0.3) is 0 Å². The van der Waals surface area contributed by atoms with E-state index in [1.54, 1.807) is 14.2 Å². The SMILES string of the molecule is CN=C(NCC1CCN(c2ccccc2OC)C1)N1CCN(c2ccccc2OC)CC1.I. The first-order valence-corrected chi connectivity index (χ1v) is 11.4. The van der Waals surface area contributed by atoms with E-state index >= 15 is 0 Å². The second-order valence-corrected chi connectivity index (χ2v) is 8.35. The van der Waals surface area contributed by atoms with Gasteiger partial charge in [0.05, 0.1) is 25.6 Å². The summed E-state index contributed by atoms with van der Waals surface area (Å²) in [4.78, 5) is 11.7. The Hall–Kier alpha value is -2.36. The number of guanidine groups is 1. The van der Waals surface area contributed by atoms with Crippen molar-refractivity contribution >= 4 is 41.3 Å². The molecule has 4 rings (SSSR count). The monoisotopic (exact) mass is 565 g/mol. The second kappa shape index (κ2) is 12.2. The molecule has 2 fully saturated rings. The number of anilines is 2. The van der Waals surface area contributed by atoms with Crippen molar-refractivity contribution in [2.24, 2.45) is 10.9 Å². The van der Waals surface area contributed by atoms with E-state index in [9.17, 15) is 0 Å². The lowest BCUT2D eigenvalue weighted by atomic mass is 10.1. The number of rotatable bonds is 6. The highest BCUT2D eigenvalue weighted by molar-refractivity contribution is 14.0. The summed E-state index contributed by atoms with van der Waals surface area (Å²) in [6.07, 6.45) is 1.17. The molecule has 33 heavy (non-hydrogen) atoms. The molecule has 1 N–H and O–H groups in total. The molecule has 0 radical (unpaired) electrons. The fraction of sp³-hybridized carbons (Fsp3) is 0.480. The summed E-state index contributed by atoms with van der Waals surface area (Å²) in [5.74, 6) is 3.47. The lowest BCUT2D eigenvalue weighted by molar-refractivity contribution is 0.364. The van der Waals surface area contributed by atoms with Crippen LogP contribution in [0.4, 0.5) is 11.4 Å². The molecule has 2 aliphatic heterocycles. The molecule has 180 valence electrons. The molecular weight excluding hydrogens is 529 g/mol. The summed E-state index contributed by atoms with van der Waals surface area (Å²) in [6.45, 7) is 6.81. The van der Waals surface area contributed by atoms with Gasteiger partial charge in [0, 0.05) is 52.9 Å². The Bertz CT molecular complexity index is 917. The number of piperazine rings is 1. The van der Waals surface area contributed by atoms with Gasteiger partial charge in [-0.2, -0.15) is 0 Å². The van der Waals surface area contributed by atoms with Gasteiger partial charge in [-0.25, -0.2) is 0 Å². The number of nitrogens with zero attached hydrogens (tertiary/aromatic N) is 4. The third-order valence-electron chi connectivity index (χ3n) is 6.48. The Morgan fingerprint density at radius 1 is 0.879 bits per heavy atom. The summed E-state index contributed by atoms with van der Waals surface area (Å²) >= 11 is 0. The van der Waals surface area contributed by atoms with Crippen molar-refractivity contribution in [2.45, 2.75) is 6.42 Å². The molecule has 1 atom stereocenters.